The summed E-state index contributed by atoms with van der Waals surface area (Å²) in [6, 6.07) is 3.46. The molecule has 4 nitrogen and oxygen atoms in total. The molecule has 4 heteroatoms. The van der Waals surface area contributed by atoms with E-state index in [-0.39, 0.29) is 17.1 Å². The van der Waals surface area contributed by atoms with Crippen molar-refractivity contribution in [1.82, 2.24) is 0 Å². The Morgan fingerprint density at radius 2 is 2.05 bits per heavy atom. The standard InChI is InChI=1S/C18H22O4/c1-17-6-3-7-18(2,16(21)22)15(17)5-4-11-8-12(10-19)14(20)9-13(11)17/h8-10,15,20H,3-7H2,1-2H3,(H,21,22)/t15-,17-,18-/m1/s1. The van der Waals surface area contributed by atoms with E-state index in [1.54, 1.807) is 12.1 Å². The molecule has 0 heterocycles. The van der Waals surface area contributed by atoms with Gasteiger partial charge in [-0.05, 0) is 67.2 Å². The van der Waals surface area contributed by atoms with Crippen molar-refractivity contribution in [1.29, 1.82) is 0 Å². The molecule has 3 atom stereocenters. The van der Waals surface area contributed by atoms with Gasteiger partial charge in [0.2, 0.25) is 0 Å². The van der Waals surface area contributed by atoms with Gasteiger partial charge >= 0.3 is 5.97 Å². The number of aldehydes is 1. The predicted octanol–water partition coefficient (Wildman–Crippen LogP) is 3.30. The van der Waals surface area contributed by atoms with Gasteiger partial charge in [-0.1, -0.05) is 13.3 Å². The van der Waals surface area contributed by atoms with E-state index >= 15 is 0 Å². The van der Waals surface area contributed by atoms with E-state index in [1.807, 2.05) is 6.92 Å². The van der Waals surface area contributed by atoms with Crippen LogP contribution in [0.25, 0.3) is 0 Å². The topological polar surface area (TPSA) is 74.6 Å². The van der Waals surface area contributed by atoms with Gasteiger partial charge in [-0.3, -0.25) is 9.59 Å². The summed E-state index contributed by atoms with van der Waals surface area (Å²) in [5.41, 5.74) is 1.45. The van der Waals surface area contributed by atoms with Gasteiger partial charge < -0.3 is 10.2 Å². The number of carboxylic acids is 1. The third-order valence-electron chi connectivity index (χ3n) is 6.12. The Morgan fingerprint density at radius 3 is 2.68 bits per heavy atom. The highest BCUT2D eigenvalue weighted by molar-refractivity contribution is 5.80. The second-order valence-corrected chi connectivity index (χ2v) is 7.27. The summed E-state index contributed by atoms with van der Waals surface area (Å²) in [6.45, 7) is 3.98. The van der Waals surface area contributed by atoms with Crippen molar-refractivity contribution in [2.75, 3.05) is 0 Å². The molecule has 3 rings (SSSR count). The molecule has 0 radical (unpaired) electrons. The van der Waals surface area contributed by atoms with Crippen LogP contribution in [0.4, 0.5) is 0 Å². The second-order valence-electron chi connectivity index (χ2n) is 7.27. The SMILES string of the molecule is C[C@@]1(C(=O)O)CCC[C@]2(C)c3cc(O)c(C=O)cc3CC[C@@H]12. The lowest BCUT2D eigenvalue weighted by Crippen LogP contribution is -2.52. The van der Waals surface area contributed by atoms with Crippen LogP contribution in [0.15, 0.2) is 12.1 Å². The quantitative estimate of drug-likeness (QED) is 0.822. The number of fused-ring (bicyclic) bond motifs is 3. The van der Waals surface area contributed by atoms with E-state index < -0.39 is 11.4 Å². The predicted molar refractivity (Wildman–Crippen MR) is 82.3 cm³/mol. The van der Waals surface area contributed by atoms with Crippen molar-refractivity contribution in [2.45, 2.75) is 51.4 Å². The molecule has 2 aliphatic rings. The first kappa shape index (κ1) is 15.1. The van der Waals surface area contributed by atoms with Crippen LogP contribution in [0.1, 0.15) is 61.0 Å². The van der Waals surface area contributed by atoms with Gasteiger partial charge in [0.25, 0.3) is 0 Å². The highest BCUT2D eigenvalue weighted by Crippen LogP contribution is 2.57. The third kappa shape index (κ3) is 1.89. The number of carbonyl (C=O) groups excluding carboxylic acids is 1. The van der Waals surface area contributed by atoms with Crippen LogP contribution in [0.5, 0.6) is 5.75 Å². The average Bonchev–Trinajstić information content (AvgIpc) is 2.47. The maximum atomic E-state index is 11.9. The fraction of sp³-hybridized carbons (Fsp3) is 0.556. The maximum Gasteiger partial charge on any atom is 0.309 e. The lowest BCUT2D eigenvalue weighted by molar-refractivity contribution is -0.157. The minimum atomic E-state index is -0.722. The van der Waals surface area contributed by atoms with Crippen LogP contribution in [0.3, 0.4) is 0 Å². The van der Waals surface area contributed by atoms with Crippen LogP contribution in [-0.4, -0.2) is 22.5 Å². The molecule has 0 amide bonds. The summed E-state index contributed by atoms with van der Waals surface area (Å²) in [5, 5.41) is 19.8. The molecule has 0 bridgehead atoms. The number of hydrogen-bond donors (Lipinski definition) is 2. The Labute approximate surface area is 130 Å². The van der Waals surface area contributed by atoms with Crippen molar-refractivity contribution in [3.8, 4) is 5.75 Å². The highest BCUT2D eigenvalue weighted by Gasteiger charge is 2.55. The van der Waals surface area contributed by atoms with Gasteiger partial charge in [0.15, 0.2) is 6.29 Å². The Hall–Kier alpha value is -1.84. The van der Waals surface area contributed by atoms with Crippen molar-refractivity contribution in [3.63, 3.8) is 0 Å². The summed E-state index contributed by atoms with van der Waals surface area (Å²) in [7, 11) is 0. The molecule has 0 unspecified atom stereocenters. The van der Waals surface area contributed by atoms with Crippen LogP contribution < -0.4 is 0 Å². The van der Waals surface area contributed by atoms with Crippen molar-refractivity contribution in [2.24, 2.45) is 11.3 Å². The van der Waals surface area contributed by atoms with E-state index in [2.05, 4.69) is 6.92 Å². The number of carbonyl (C=O) groups is 2. The smallest absolute Gasteiger partial charge is 0.309 e. The van der Waals surface area contributed by atoms with Gasteiger partial charge in [-0.2, -0.15) is 0 Å². The number of aromatic hydroxyl groups is 1. The van der Waals surface area contributed by atoms with Gasteiger partial charge in [0, 0.05) is 0 Å². The van der Waals surface area contributed by atoms with Gasteiger partial charge in [0.05, 0.1) is 11.0 Å². The first-order chi connectivity index (χ1) is 10.3. The molecular weight excluding hydrogens is 280 g/mol. The molecule has 0 aliphatic heterocycles. The largest absolute Gasteiger partial charge is 0.507 e. The van der Waals surface area contributed by atoms with E-state index in [4.69, 9.17) is 0 Å². The summed E-state index contributed by atoms with van der Waals surface area (Å²) < 4.78 is 0. The highest BCUT2D eigenvalue weighted by atomic mass is 16.4. The molecule has 2 N–H and O–H groups in total. The zero-order valence-electron chi connectivity index (χ0n) is 13.1. The summed E-state index contributed by atoms with van der Waals surface area (Å²) in [4.78, 5) is 22.9. The molecule has 1 aromatic carbocycles. The lowest BCUT2D eigenvalue weighted by Gasteiger charge is -2.53. The maximum absolute atomic E-state index is 11.9. The number of benzene rings is 1. The van der Waals surface area contributed by atoms with E-state index in [1.165, 1.54) is 0 Å². The molecule has 1 fully saturated rings. The van der Waals surface area contributed by atoms with Gasteiger partial charge in [0.1, 0.15) is 5.75 Å². The minimum absolute atomic E-state index is 0.00164. The number of phenols is 1. The van der Waals surface area contributed by atoms with Gasteiger partial charge in [-0.15, -0.1) is 0 Å². The molecular formula is C18H22O4. The van der Waals surface area contributed by atoms with Crippen LogP contribution in [0.2, 0.25) is 0 Å². The summed E-state index contributed by atoms with van der Waals surface area (Å²) in [6.07, 6.45) is 4.75. The molecule has 0 spiro atoms. The first-order valence-corrected chi connectivity index (χ1v) is 7.88. The lowest BCUT2D eigenvalue weighted by atomic mass is 9.50. The Morgan fingerprint density at radius 1 is 1.32 bits per heavy atom. The number of rotatable bonds is 2. The molecule has 2 aliphatic carbocycles. The van der Waals surface area contributed by atoms with Crippen molar-refractivity contribution >= 4 is 12.3 Å². The molecule has 0 saturated heterocycles. The number of aliphatic carboxylic acids is 1. The van der Waals surface area contributed by atoms with Crippen molar-refractivity contribution in [3.05, 3.63) is 28.8 Å². The Kier molecular flexibility index (Phi) is 3.31. The van der Waals surface area contributed by atoms with Crippen LogP contribution in [0, 0.1) is 11.3 Å². The van der Waals surface area contributed by atoms with E-state index in [9.17, 15) is 19.8 Å². The summed E-state index contributed by atoms with van der Waals surface area (Å²) >= 11 is 0. The number of carboxylic acid groups (broad SMARTS) is 1. The van der Waals surface area contributed by atoms with Crippen LogP contribution in [-0.2, 0) is 16.6 Å². The first-order valence-electron chi connectivity index (χ1n) is 7.88. The molecule has 1 aromatic rings. The Balaban J connectivity index is 2.15. The monoisotopic (exact) mass is 302 g/mol. The molecule has 22 heavy (non-hydrogen) atoms. The zero-order chi connectivity index (χ0) is 16.1. The minimum Gasteiger partial charge on any atom is -0.507 e. The van der Waals surface area contributed by atoms with Gasteiger partial charge in [-0.25, -0.2) is 0 Å². The molecule has 118 valence electrons. The van der Waals surface area contributed by atoms with E-state index in [0.717, 1.165) is 36.8 Å². The van der Waals surface area contributed by atoms with Crippen LogP contribution >= 0.6 is 0 Å². The van der Waals surface area contributed by atoms with E-state index in [0.29, 0.717) is 18.3 Å². The summed E-state index contributed by atoms with van der Waals surface area (Å²) in [5.74, 6) is -0.668. The normalized spacial score (nSPS) is 33.6. The molecule has 0 aromatic heterocycles. The fourth-order valence-electron chi connectivity index (χ4n) is 4.87. The zero-order valence-corrected chi connectivity index (χ0v) is 13.1. The number of aryl methyl sites for hydroxylation is 1. The van der Waals surface area contributed by atoms with Crippen molar-refractivity contribution < 1.29 is 19.8 Å². The number of hydrogen-bond acceptors (Lipinski definition) is 3. The number of phenolic OH excluding ortho intramolecular Hbond substituents is 1. The average molecular weight is 302 g/mol. The third-order valence-corrected chi connectivity index (χ3v) is 6.12. The molecule has 1 saturated carbocycles. The fourth-order valence-corrected chi connectivity index (χ4v) is 4.87. The Bertz CT molecular complexity index is 651. The second kappa shape index (κ2) is 4.83.